The van der Waals surface area contributed by atoms with Gasteiger partial charge in [-0.15, -0.1) is 0 Å². The van der Waals surface area contributed by atoms with Crippen molar-refractivity contribution in [1.29, 1.82) is 0 Å². The van der Waals surface area contributed by atoms with Gasteiger partial charge in [0.15, 0.2) is 0 Å². The van der Waals surface area contributed by atoms with Crippen LogP contribution in [0.4, 0.5) is 0 Å². The molecule has 8 amide bonds. The van der Waals surface area contributed by atoms with Crippen molar-refractivity contribution in [2.24, 2.45) is 11.8 Å². The van der Waals surface area contributed by atoms with Crippen molar-refractivity contribution in [3.8, 4) is 0 Å². The van der Waals surface area contributed by atoms with Crippen LogP contribution in [0.15, 0.2) is 84.9 Å². The molecule has 82 heavy (non-hydrogen) atoms. The lowest BCUT2D eigenvalue weighted by atomic mass is 9.83. The van der Waals surface area contributed by atoms with E-state index in [0.29, 0.717) is 13.1 Å². The van der Waals surface area contributed by atoms with E-state index in [-0.39, 0.29) is 96.4 Å². The van der Waals surface area contributed by atoms with Gasteiger partial charge in [-0.05, 0) is 152 Å². The van der Waals surface area contributed by atoms with Crippen LogP contribution >= 0.6 is 0 Å². The van der Waals surface area contributed by atoms with Gasteiger partial charge in [0.1, 0.15) is 24.2 Å². The van der Waals surface area contributed by atoms with Crippen molar-refractivity contribution < 1.29 is 38.4 Å². The van der Waals surface area contributed by atoms with Crippen molar-refractivity contribution in [3.63, 3.8) is 0 Å². The number of nitrogens with zero attached hydrogens (tertiary/aromatic N) is 4. The second-order valence-electron chi connectivity index (χ2n) is 24.1. The molecule has 4 heterocycles. The highest BCUT2D eigenvalue weighted by Gasteiger charge is 2.49. The lowest BCUT2D eigenvalue weighted by Crippen LogP contribution is -2.58. The van der Waals surface area contributed by atoms with E-state index >= 15 is 19.2 Å². The van der Waals surface area contributed by atoms with Crippen molar-refractivity contribution in [3.05, 3.63) is 107 Å². The number of nitrogens with one attached hydrogen (secondary N) is 6. The number of hydrogen-bond acceptors (Lipinski definition) is 10. The van der Waals surface area contributed by atoms with E-state index in [9.17, 15) is 19.2 Å². The van der Waals surface area contributed by atoms with E-state index in [0.717, 1.165) is 114 Å². The summed E-state index contributed by atoms with van der Waals surface area (Å²) >= 11 is 0. The third-order valence-electron chi connectivity index (χ3n) is 18.8. The number of carbonyl (C=O) groups excluding carboxylic acids is 8. The van der Waals surface area contributed by atoms with E-state index in [4.69, 9.17) is 0 Å². The van der Waals surface area contributed by atoms with Crippen molar-refractivity contribution in [2.45, 2.75) is 190 Å². The summed E-state index contributed by atoms with van der Waals surface area (Å²) in [6.07, 6.45) is 14.5. The topological polar surface area (TPSA) is 222 Å². The summed E-state index contributed by atoms with van der Waals surface area (Å²) in [5.74, 6) is -2.62. The fourth-order valence-electron chi connectivity index (χ4n) is 13.8. The number of piperidine rings is 2. The molecule has 0 bridgehead atoms. The summed E-state index contributed by atoms with van der Waals surface area (Å²) in [7, 11) is 3.40. The number of rotatable bonds is 18. The molecule has 442 valence electrons. The Labute approximate surface area is 484 Å². The maximum absolute atomic E-state index is 15.1. The molecule has 6 aliphatic rings. The summed E-state index contributed by atoms with van der Waals surface area (Å²) in [4.78, 5) is 123. The van der Waals surface area contributed by atoms with Gasteiger partial charge in [0, 0.05) is 49.4 Å². The molecule has 0 aromatic heterocycles. The van der Waals surface area contributed by atoms with Gasteiger partial charge < -0.3 is 51.5 Å². The van der Waals surface area contributed by atoms with Gasteiger partial charge >= 0.3 is 0 Å². The predicted octanol–water partition coefficient (Wildman–Crippen LogP) is 5.94. The van der Waals surface area contributed by atoms with E-state index in [1.165, 1.54) is 0 Å². The van der Waals surface area contributed by atoms with Crippen molar-refractivity contribution in [1.82, 2.24) is 51.5 Å². The lowest BCUT2D eigenvalue weighted by molar-refractivity contribution is -0.149. The monoisotopic (exact) mass is 1120 g/mol. The van der Waals surface area contributed by atoms with Crippen molar-refractivity contribution in [2.75, 3.05) is 40.3 Å². The van der Waals surface area contributed by atoms with E-state index in [1.807, 2.05) is 70.5 Å². The quantitative estimate of drug-likeness (QED) is 0.0881. The van der Waals surface area contributed by atoms with Crippen LogP contribution in [0.1, 0.15) is 173 Å². The first-order valence-corrected chi connectivity index (χ1v) is 30.7. The number of hydrogen-bond donors (Lipinski definition) is 6. The molecule has 2 aliphatic carbocycles. The molecule has 18 heteroatoms. The SMILES string of the molecule is CN[C@@H](C)C(=O)N[C@H](C(=O)N1C[C@@H](NC(=O)c2ccc(C(=O)N[C@H]3C[C@@H](C(=O)N4CCCC[C@@H]4c4ccccc4)N(C(=O)[C@@H](NC(=O)[C@H](C)NC)C4CCCCC4)C3)cc2)CC1C(=O)N1CCCC[C@@H]1c1ccccc1)C1CCCCC1. The number of amides is 8. The summed E-state index contributed by atoms with van der Waals surface area (Å²) in [6.45, 7) is 4.72. The minimum absolute atomic E-state index is 0.0733. The maximum atomic E-state index is 15.1. The summed E-state index contributed by atoms with van der Waals surface area (Å²) in [6, 6.07) is 20.2. The van der Waals surface area contributed by atoms with Gasteiger partial charge in [0.2, 0.25) is 35.4 Å². The Morgan fingerprint density at radius 3 is 1.15 bits per heavy atom. The number of likely N-dealkylation sites (tertiary alicyclic amines) is 4. The normalized spacial score (nSPS) is 25.1. The predicted molar refractivity (Wildman–Crippen MR) is 313 cm³/mol. The maximum Gasteiger partial charge on any atom is 0.251 e. The van der Waals surface area contributed by atoms with Crippen LogP contribution in [0.25, 0.3) is 0 Å². The van der Waals surface area contributed by atoms with E-state index < -0.39 is 60.1 Å². The Morgan fingerprint density at radius 2 is 0.793 bits per heavy atom. The van der Waals surface area contributed by atoms with Gasteiger partial charge in [-0.25, -0.2) is 0 Å². The Kier molecular flexibility index (Phi) is 20.5. The molecule has 4 aliphatic heterocycles. The minimum atomic E-state index is -0.876. The van der Waals surface area contributed by atoms with Gasteiger partial charge in [-0.1, -0.05) is 99.2 Å². The van der Waals surface area contributed by atoms with Crippen LogP contribution in [-0.4, -0.2) is 155 Å². The highest BCUT2D eigenvalue weighted by atomic mass is 16.2. The molecular weight excluding hydrogens is 1040 g/mol. The van der Waals surface area contributed by atoms with Crippen LogP contribution in [0, 0.1) is 11.8 Å². The number of benzene rings is 3. The lowest BCUT2D eigenvalue weighted by Gasteiger charge is -2.40. The second-order valence-corrected chi connectivity index (χ2v) is 24.1. The third kappa shape index (κ3) is 14.0. The Balaban J connectivity index is 0.919. The van der Waals surface area contributed by atoms with Gasteiger partial charge in [-0.3, -0.25) is 38.4 Å². The highest BCUT2D eigenvalue weighted by Crippen LogP contribution is 2.37. The molecule has 4 saturated heterocycles. The Hall–Kier alpha value is -6.66. The van der Waals surface area contributed by atoms with E-state index in [1.54, 1.807) is 62.0 Å². The van der Waals surface area contributed by atoms with Gasteiger partial charge in [0.25, 0.3) is 11.8 Å². The van der Waals surface area contributed by atoms with Gasteiger partial charge in [-0.2, -0.15) is 0 Å². The zero-order valence-electron chi connectivity index (χ0n) is 48.6. The molecule has 6 fully saturated rings. The zero-order chi connectivity index (χ0) is 57.9. The summed E-state index contributed by atoms with van der Waals surface area (Å²) in [5, 5.41) is 18.4. The number of likely N-dealkylation sites (N-methyl/N-ethyl adjacent to an activating group) is 2. The largest absolute Gasteiger partial charge is 0.347 e. The average Bonchev–Trinajstić information content (AvgIpc) is 4.30. The summed E-state index contributed by atoms with van der Waals surface area (Å²) < 4.78 is 0. The molecule has 6 N–H and O–H groups in total. The first kappa shape index (κ1) is 59.9. The second kappa shape index (κ2) is 28.1. The van der Waals surface area contributed by atoms with Crippen LogP contribution in [0.2, 0.25) is 0 Å². The average molecular weight is 1130 g/mol. The first-order valence-electron chi connectivity index (χ1n) is 30.7. The summed E-state index contributed by atoms with van der Waals surface area (Å²) in [5.41, 5.74) is 2.62. The first-order chi connectivity index (χ1) is 39.7. The molecule has 10 atom stereocenters. The molecule has 2 saturated carbocycles. The van der Waals surface area contributed by atoms with Crippen molar-refractivity contribution >= 4 is 47.3 Å². The zero-order valence-corrected chi connectivity index (χ0v) is 48.6. The fraction of sp³-hybridized carbons (Fsp3) is 0.594. The third-order valence-corrected chi connectivity index (χ3v) is 18.8. The Morgan fingerprint density at radius 1 is 0.439 bits per heavy atom. The minimum Gasteiger partial charge on any atom is -0.347 e. The highest BCUT2D eigenvalue weighted by molar-refractivity contribution is 5.99. The molecular formula is C64H88N10O8. The van der Waals surface area contributed by atoms with Gasteiger partial charge in [0.05, 0.1) is 24.2 Å². The standard InChI is InChI=1S/C64H88N10O8/c1-41(65-3)57(75)69-55(45-25-13-7-14-26-45)63(81)73-39-49(37-53(73)61(79)71-35-19-17-29-51(71)43-21-9-5-10-22-43)67-59(77)47-31-33-48(34-32-47)60(78)68-50-38-54(62(80)72-36-20-18-30-52(72)44-23-11-6-12-24-44)74(40-50)64(82)56(46-27-15-8-16-28-46)70-58(76)42(2)66-4/h5-6,9-12,21-24,31-34,41-42,45-46,49-56,65-66H,7-8,13-20,25-30,35-40H2,1-4H3,(H,67,77)(H,68,78)(H,69,75)(H,70,76)/t41-,42-,49-,50-,51+,52+,53-,54?,55-,56-/m0/s1. The molecule has 3 aromatic carbocycles. The Bertz CT molecular complexity index is 2520. The number of carbonyl (C=O) groups is 8. The van der Waals surface area contributed by atoms with Crippen LogP contribution in [-0.2, 0) is 28.8 Å². The molecule has 0 spiro atoms. The molecule has 1 unspecified atom stereocenters. The van der Waals surface area contributed by atoms with Crippen LogP contribution in [0.3, 0.4) is 0 Å². The van der Waals surface area contributed by atoms with Crippen LogP contribution < -0.4 is 31.9 Å². The smallest absolute Gasteiger partial charge is 0.251 e. The molecule has 3 aromatic rings. The molecule has 18 nitrogen and oxygen atoms in total. The van der Waals surface area contributed by atoms with E-state index in [2.05, 4.69) is 31.9 Å². The van der Waals surface area contributed by atoms with Crippen LogP contribution in [0.5, 0.6) is 0 Å². The molecule has 9 rings (SSSR count). The fourth-order valence-corrected chi connectivity index (χ4v) is 13.8. The molecule has 0 radical (unpaired) electrons.